The third-order valence-corrected chi connectivity index (χ3v) is 3.73. The second-order valence-corrected chi connectivity index (χ2v) is 5.13. The van der Waals surface area contributed by atoms with Gasteiger partial charge >= 0.3 is 0 Å². The van der Waals surface area contributed by atoms with E-state index in [-0.39, 0.29) is 0 Å². The van der Waals surface area contributed by atoms with E-state index in [9.17, 15) is 0 Å². The van der Waals surface area contributed by atoms with Gasteiger partial charge in [-0.2, -0.15) is 5.10 Å². The molecule has 0 unspecified atom stereocenters. The van der Waals surface area contributed by atoms with E-state index < -0.39 is 0 Å². The van der Waals surface area contributed by atoms with Gasteiger partial charge in [0.1, 0.15) is 5.82 Å². The van der Waals surface area contributed by atoms with Gasteiger partial charge in [-0.3, -0.25) is 4.68 Å². The van der Waals surface area contributed by atoms with Crippen LogP contribution in [0.3, 0.4) is 0 Å². The molecule has 0 aliphatic carbocycles. The number of aryl methyl sites for hydroxylation is 3. The summed E-state index contributed by atoms with van der Waals surface area (Å²) >= 11 is 0. The van der Waals surface area contributed by atoms with Crippen molar-refractivity contribution in [1.82, 2.24) is 19.3 Å². The van der Waals surface area contributed by atoms with Gasteiger partial charge in [-0.1, -0.05) is 19.1 Å². The quantitative estimate of drug-likeness (QED) is 0.783. The van der Waals surface area contributed by atoms with Crippen molar-refractivity contribution in [2.24, 2.45) is 7.05 Å². The summed E-state index contributed by atoms with van der Waals surface area (Å²) in [5, 5.41) is 7.92. The number of anilines is 1. The SMILES string of the molecule is CCc1nn(C)cc1NCc1nc2ccccc2n1CC. The highest BCUT2D eigenvalue weighted by Gasteiger charge is 2.10. The summed E-state index contributed by atoms with van der Waals surface area (Å²) in [4.78, 5) is 4.73. The van der Waals surface area contributed by atoms with E-state index >= 15 is 0 Å². The molecule has 2 aromatic heterocycles. The number of aromatic nitrogens is 4. The van der Waals surface area contributed by atoms with Crippen LogP contribution in [0.1, 0.15) is 25.4 Å². The molecule has 3 aromatic rings. The Hall–Kier alpha value is -2.30. The van der Waals surface area contributed by atoms with Crippen molar-refractivity contribution in [2.45, 2.75) is 33.4 Å². The lowest BCUT2D eigenvalue weighted by Crippen LogP contribution is -2.08. The molecule has 0 atom stereocenters. The molecule has 5 nitrogen and oxygen atoms in total. The van der Waals surface area contributed by atoms with Crippen molar-refractivity contribution >= 4 is 16.7 Å². The minimum absolute atomic E-state index is 0.710. The average Bonchev–Trinajstić information content (AvgIpc) is 3.04. The number of rotatable bonds is 5. The first-order valence-electron chi connectivity index (χ1n) is 7.43. The lowest BCUT2D eigenvalue weighted by Gasteiger charge is -2.08. The van der Waals surface area contributed by atoms with E-state index in [4.69, 9.17) is 4.98 Å². The lowest BCUT2D eigenvalue weighted by molar-refractivity contribution is 0.728. The number of nitrogens with zero attached hydrogens (tertiary/aromatic N) is 4. The van der Waals surface area contributed by atoms with Crippen molar-refractivity contribution in [3.05, 3.63) is 42.0 Å². The van der Waals surface area contributed by atoms with Gasteiger partial charge in [0, 0.05) is 19.8 Å². The summed E-state index contributed by atoms with van der Waals surface area (Å²) in [5.74, 6) is 1.06. The Kier molecular flexibility index (Phi) is 3.64. The van der Waals surface area contributed by atoms with E-state index in [2.05, 4.69) is 47.0 Å². The van der Waals surface area contributed by atoms with Crippen molar-refractivity contribution < 1.29 is 0 Å². The lowest BCUT2D eigenvalue weighted by atomic mass is 10.3. The van der Waals surface area contributed by atoms with E-state index in [1.807, 2.05) is 24.0 Å². The molecule has 2 heterocycles. The van der Waals surface area contributed by atoms with Gasteiger partial charge in [-0.05, 0) is 25.5 Å². The fourth-order valence-corrected chi connectivity index (χ4v) is 2.73. The number of fused-ring (bicyclic) bond motifs is 1. The van der Waals surface area contributed by atoms with Gasteiger partial charge in [0.25, 0.3) is 0 Å². The van der Waals surface area contributed by atoms with Gasteiger partial charge in [-0.15, -0.1) is 0 Å². The molecule has 0 aliphatic heterocycles. The highest BCUT2D eigenvalue weighted by molar-refractivity contribution is 5.76. The number of nitrogens with one attached hydrogen (secondary N) is 1. The molecule has 110 valence electrons. The topological polar surface area (TPSA) is 47.7 Å². The minimum atomic E-state index is 0.710. The zero-order valence-corrected chi connectivity index (χ0v) is 12.8. The molecule has 21 heavy (non-hydrogen) atoms. The molecule has 0 radical (unpaired) electrons. The minimum Gasteiger partial charge on any atom is -0.375 e. The van der Waals surface area contributed by atoms with Crippen LogP contribution in [-0.2, 0) is 26.6 Å². The summed E-state index contributed by atoms with van der Waals surface area (Å²) in [7, 11) is 1.95. The Morgan fingerprint density at radius 2 is 2.00 bits per heavy atom. The first-order valence-corrected chi connectivity index (χ1v) is 7.43. The summed E-state index contributed by atoms with van der Waals surface area (Å²) in [6.45, 7) is 5.90. The normalized spacial score (nSPS) is 11.2. The van der Waals surface area contributed by atoms with Crippen LogP contribution in [0.5, 0.6) is 0 Å². The molecule has 1 N–H and O–H groups in total. The molecule has 0 saturated heterocycles. The van der Waals surface area contributed by atoms with Crippen LogP contribution in [-0.4, -0.2) is 19.3 Å². The number of benzene rings is 1. The van der Waals surface area contributed by atoms with Crippen molar-refractivity contribution in [3.8, 4) is 0 Å². The second-order valence-electron chi connectivity index (χ2n) is 5.13. The van der Waals surface area contributed by atoms with Gasteiger partial charge in [0.05, 0.1) is 29.0 Å². The molecule has 1 aromatic carbocycles. The fraction of sp³-hybridized carbons (Fsp3) is 0.375. The maximum absolute atomic E-state index is 4.73. The number of hydrogen-bond acceptors (Lipinski definition) is 3. The Bertz CT molecular complexity index is 753. The van der Waals surface area contributed by atoms with Gasteiger partial charge < -0.3 is 9.88 Å². The summed E-state index contributed by atoms with van der Waals surface area (Å²) in [5.41, 5.74) is 4.43. The molecule has 0 amide bonds. The van der Waals surface area contributed by atoms with Crippen molar-refractivity contribution in [1.29, 1.82) is 0 Å². The maximum atomic E-state index is 4.73. The smallest absolute Gasteiger partial charge is 0.129 e. The van der Waals surface area contributed by atoms with Crippen LogP contribution in [0.4, 0.5) is 5.69 Å². The Labute approximate surface area is 124 Å². The molecule has 0 aliphatic rings. The van der Waals surface area contributed by atoms with E-state index in [1.54, 1.807) is 0 Å². The molecule has 0 saturated carbocycles. The van der Waals surface area contributed by atoms with Gasteiger partial charge in [0.2, 0.25) is 0 Å². The van der Waals surface area contributed by atoms with Crippen LogP contribution in [0.2, 0.25) is 0 Å². The third kappa shape index (κ3) is 2.51. The van der Waals surface area contributed by atoms with Crippen LogP contribution >= 0.6 is 0 Å². The monoisotopic (exact) mass is 283 g/mol. The van der Waals surface area contributed by atoms with E-state index in [0.717, 1.165) is 35.7 Å². The zero-order chi connectivity index (χ0) is 14.8. The maximum Gasteiger partial charge on any atom is 0.129 e. The van der Waals surface area contributed by atoms with Crippen molar-refractivity contribution in [3.63, 3.8) is 0 Å². The van der Waals surface area contributed by atoms with Crippen LogP contribution in [0.15, 0.2) is 30.5 Å². The van der Waals surface area contributed by atoms with Crippen LogP contribution in [0.25, 0.3) is 11.0 Å². The summed E-state index contributed by atoms with van der Waals surface area (Å²) in [6.07, 6.45) is 2.95. The summed E-state index contributed by atoms with van der Waals surface area (Å²) in [6, 6.07) is 8.27. The number of para-hydroxylation sites is 2. The summed E-state index contributed by atoms with van der Waals surface area (Å²) < 4.78 is 4.11. The van der Waals surface area contributed by atoms with E-state index in [1.165, 1.54) is 5.52 Å². The number of imidazole rings is 1. The molecular weight excluding hydrogens is 262 g/mol. The van der Waals surface area contributed by atoms with Crippen LogP contribution < -0.4 is 5.32 Å². The molecule has 3 rings (SSSR count). The standard InChI is InChI=1S/C16H21N5/c1-4-12-14(11-20(3)19-12)17-10-16-18-13-8-6-7-9-15(13)21(16)5-2/h6-9,11,17H,4-5,10H2,1-3H3. The molecule has 0 spiro atoms. The van der Waals surface area contributed by atoms with Crippen LogP contribution in [0, 0.1) is 0 Å². The molecule has 0 fully saturated rings. The average molecular weight is 283 g/mol. The Balaban J connectivity index is 1.88. The molecule has 0 bridgehead atoms. The molecular formula is C16H21N5. The van der Waals surface area contributed by atoms with Crippen molar-refractivity contribution in [2.75, 3.05) is 5.32 Å². The Morgan fingerprint density at radius 1 is 1.19 bits per heavy atom. The van der Waals surface area contributed by atoms with Gasteiger partial charge in [-0.25, -0.2) is 4.98 Å². The predicted octanol–water partition coefficient (Wildman–Crippen LogP) is 2.96. The highest BCUT2D eigenvalue weighted by atomic mass is 15.3. The third-order valence-electron chi connectivity index (χ3n) is 3.73. The highest BCUT2D eigenvalue weighted by Crippen LogP contribution is 2.18. The molecule has 5 heteroatoms. The zero-order valence-electron chi connectivity index (χ0n) is 12.8. The first-order chi connectivity index (χ1) is 10.2. The predicted molar refractivity (Wildman–Crippen MR) is 85.3 cm³/mol. The fourth-order valence-electron chi connectivity index (χ4n) is 2.73. The Morgan fingerprint density at radius 3 is 2.76 bits per heavy atom. The van der Waals surface area contributed by atoms with E-state index in [0.29, 0.717) is 6.54 Å². The second kappa shape index (κ2) is 5.60. The van der Waals surface area contributed by atoms with Gasteiger partial charge in [0.15, 0.2) is 0 Å². The first kappa shape index (κ1) is 13.7. The number of hydrogen-bond donors (Lipinski definition) is 1. The largest absolute Gasteiger partial charge is 0.375 e.